The summed E-state index contributed by atoms with van der Waals surface area (Å²) in [5.74, 6) is 0. The maximum absolute atomic E-state index is 11.9. The molecular weight excluding hydrogens is 137 g/mol. The monoisotopic (exact) mass is 142 g/mol. The van der Waals surface area contributed by atoms with Crippen LogP contribution in [0.5, 0.6) is 0 Å². The van der Waals surface area contributed by atoms with Gasteiger partial charge in [-0.3, -0.25) is 0 Å². The normalized spacial score (nSPS) is 34.3. The number of halogens is 3. The van der Waals surface area contributed by atoms with Crippen LogP contribution in [0.25, 0.3) is 0 Å². The van der Waals surface area contributed by atoms with Crippen LogP contribution in [0.4, 0.5) is 13.2 Å². The highest BCUT2D eigenvalue weighted by Gasteiger charge is 2.45. The van der Waals surface area contributed by atoms with Crippen molar-refractivity contribution in [2.24, 2.45) is 0 Å². The molecule has 1 aliphatic heterocycles. The van der Waals surface area contributed by atoms with Crippen molar-refractivity contribution >= 4 is 0 Å². The van der Waals surface area contributed by atoms with Crippen LogP contribution >= 0.6 is 0 Å². The van der Waals surface area contributed by atoms with Gasteiger partial charge in [0.2, 0.25) is 0 Å². The van der Waals surface area contributed by atoms with E-state index in [1.54, 1.807) is 0 Å². The summed E-state index contributed by atoms with van der Waals surface area (Å²) < 4.78 is 43.3. The van der Waals surface area contributed by atoms with Gasteiger partial charge in [0.05, 0.1) is 13.2 Å². The Labute approximate surface area is 49.6 Å². The van der Waals surface area contributed by atoms with Crippen LogP contribution in [0.2, 0.25) is 0 Å². The Balaban J connectivity index is 2.49. The highest BCUT2D eigenvalue weighted by Crippen LogP contribution is 2.26. The average molecular weight is 142 g/mol. The zero-order valence-electron chi connectivity index (χ0n) is 4.44. The number of alkyl halides is 3. The van der Waals surface area contributed by atoms with Gasteiger partial charge in [-0.05, 0) is 0 Å². The molecule has 1 heterocycles. The van der Waals surface area contributed by atoms with Crippen LogP contribution in [0.1, 0.15) is 0 Å². The molecule has 1 atom stereocenters. The van der Waals surface area contributed by atoms with E-state index in [2.05, 4.69) is 9.47 Å². The SMILES string of the molecule is F[C@H]1OCCOC1(F)F. The molecule has 0 N–H and O–H groups in total. The molecule has 0 unspecified atom stereocenters. The molecule has 0 spiro atoms. The van der Waals surface area contributed by atoms with Gasteiger partial charge in [0.15, 0.2) is 0 Å². The number of rotatable bonds is 0. The van der Waals surface area contributed by atoms with Gasteiger partial charge in [0.1, 0.15) is 0 Å². The fourth-order valence-corrected chi connectivity index (χ4v) is 0.492. The molecule has 0 amide bonds. The maximum Gasteiger partial charge on any atom is 0.411 e. The van der Waals surface area contributed by atoms with Crippen LogP contribution in [-0.4, -0.2) is 25.7 Å². The van der Waals surface area contributed by atoms with Gasteiger partial charge < -0.3 is 9.47 Å². The summed E-state index contributed by atoms with van der Waals surface area (Å²) in [6, 6.07) is 0. The first-order valence-electron chi connectivity index (χ1n) is 2.40. The van der Waals surface area contributed by atoms with Crippen LogP contribution in [-0.2, 0) is 9.47 Å². The topological polar surface area (TPSA) is 18.5 Å². The van der Waals surface area contributed by atoms with Gasteiger partial charge in [-0.2, -0.15) is 8.78 Å². The summed E-state index contributed by atoms with van der Waals surface area (Å²) in [4.78, 5) is 0. The summed E-state index contributed by atoms with van der Waals surface area (Å²) in [6.07, 6.45) is -6.36. The maximum atomic E-state index is 11.9. The molecule has 0 aromatic rings. The first kappa shape index (κ1) is 6.82. The molecule has 54 valence electrons. The molecule has 0 radical (unpaired) electrons. The first-order valence-corrected chi connectivity index (χ1v) is 2.40. The Morgan fingerprint density at radius 1 is 1.33 bits per heavy atom. The predicted octanol–water partition coefficient (Wildman–Crippen LogP) is 0.922. The van der Waals surface area contributed by atoms with Crippen molar-refractivity contribution in [3.63, 3.8) is 0 Å². The van der Waals surface area contributed by atoms with Gasteiger partial charge in [-0.1, -0.05) is 0 Å². The van der Waals surface area contributed by atoms with Crippen molar-refractivity contribution < 1.29 is 22.6 Å². The summed E-state index contributed by atoms with van der Waals surface area (Å²) >= 11 is 0. The molecule has 1 fully saturated rings. The second kappa shape index (κ2) is 2.15. The van der Waals surface area contributed by atoms with Gasteiger partial charge in [-0.15, -0.1) is 0 Å². The molecule has 0 aromatic carbocycles. The summed E-state index contributed by atoms with van der Waals surface area (Å²) in [5.41, 5.74) is 0. The van der Waals surface area contributed by atoms with E-state index in [-0.39, 0.29) is 13.2 Å². The Morgan fingerprint density at radius 2 is 2.00 bits per heavy atom. The summed E-state index contributed by atoms with van der Waals surface area (Å²) in [6.45, 7) is -0.371. The van der Waals surface area contributed by atoms with Gasteiger partial charge >= 0.3 is 6.11 Å². The van der Waals surface area contributed by atoms with Crippen molar-refractivity contribution in [1.29, 1.82) is 0 Å². The van der Waals surface area contributed by atoms with E-state index < -0.39 is 12.5 Å². The van der Waals surface area contributed by atoms with Crippen LogP contribution in [0, 0.1) is 0 Å². The van der Waals surface area contributed by atoms with E-state index in [9.17, 15) is 13.2 Å². The lowest BCUT2D eigenvalue weighted by Gasteiger charge is -2.25. The van der Waals surface area contributed by atoms with Crippen LogP contribution in [0.3, 0.4) is 0 Å². The molecule has 0 bridgehead atoms. The van der Waals surface area contributed by atoms with E-state index in [1.165, 1.54) is 0 Å². The number of hydrogen-bond donors (Lipinski definition) is 0. The lowest BCUT2D eigenvalue weighted by atomic mass is 10.5. The standard InChI is InChI=1S/C4H5F3O2/c5-3-4(6,7)9-2-1-8-3/h3H,1-2H2/t3-/m0/s1. The lowest BCUT2D eigenvalue weighted by molar-refractivity contribution is -0.363. The fourth-order valence-electron chi connectivity index (χ4n) is 0.492. The smallest absolute Gasteiger partial charge is 0.339 e. The number of ether oxygens (including phenoxy) is 2. The lowest BCUT2D eigenvalue weighted by Crippen LogP contribution is -2.41. The van der Waals surface area contributed by atoms with Crippen molar-refractivity contribution in [3.8, 4) is 0 Å². The van der Waals surface area contributed by atoms with Crippen molar-refractivity contribution in [1.82, 2.24) is 0 Å². The average Bonchev–Trinajstić information content (AvgIpc) is 1.77. The van der Waals surface area contributed by atoms with Crippen LogP contribution < -0.4 is 0 Å². The quantitative estimate of drug-likeness (QED) is 0.500. The zero-order chi connectivity index (χ0) is 6.91. The van der Waals surface area contributed by atoms with E-state index in [0.717, 1.165) is 0 Å². The van der Waals surface area contributed by atoms with Gasteiger partial charge in [0, 0.05) is 0 Å². The van der Waals surface area contributed by atoms with E-state index in [1.807, 2.05) is 0 Å². The Hall–Kier alpha value is -0.290. The fraction of sp³-hybridized carbons (Fsp3) is 1.00. The highest BCUT2D eigenvalue weighted by atomic mass is 19.3. The molecule has 0 saturated carbocycles. The van der Waals surface area contributed by atoms with Gasteiger partial charge in [0.25, 0.3) is 6.36 Å². The van der Waals surface area contributed by atoms with Gasteiger partial charge in [-0.25, -0.2) is 4.39 Å². The molecule has 1 saturated heterocycles. The second-order valence-electron chi connectivity index (χ2n) is 1.60. The minimum absolute atomic E-state index is 0.114. The summed E-state index contributed by atoms with van der Waals surface area (Å²) in [7, 11) is 0. The Bertz CT molecular complexity index is 106. The van der Waals surface area contributed by atoms with E-state index >= 15 is 0 Å². The third-order valence-corrected chi connectivity index (χ3v) is 0.906. The minimum Gasteiger partial charge on any atom is -0.339 e. The Kier molecular flexibility index (Phi) is 1.63. The molecule has 1 aliphatic rings. The summed E-state index contributed by atoms with van der Waals surface area (Å²) in [5, 5.41) is 0. The highest BCUT2D eigenvalue weighted by molar-refractivity contribution is 4.60. The van der Waals surface area contributed by atoms with E-state index in [4.69, 9.17) is 0 Å². The second-order valence-corrected chi connectivity index (χ2v) is 1.60. The molecular formula is C4H5F3O2. The van der Waals surface area contributed by atoms with Crippen molar-refractivity contribution in [2.75, 3.05) is 13.2 Å². The molecule has 9 heavy (non-hydrogen) atoms. The van der Waals surface area contributed by atoms with Crippen LogP contribution in [0.15, 0.2) is 0 Å². The van der Waals surface area contributed by atoms with E-state index in [0.29, 0.717) is 0 Å². The van der Waals surface area contributed by atoms with Crippen molar-refractivity contribution in [3.05, 3.63) is 0 Å². The molecule has 0 aliphatic carbocycles. The minimum atomic E-state index is -3.75. The Morgan fingerprint density at radius 3 is 2.33 bits per heavy atom. The molecule has 1 rings (SSSR count). The zero-order valence-corrected chi connectivity index (χ0v) is 4.44. The third kappa shape index (κ3) is 1.34. The number of hydrogen-bond acceptors (Lipinski definition) is 2. The largest absolute Gasteiger partial charge is 0.411 e. The molecule has 0 aromatic heterocycles. The molecule has 5 heteroatoms. The third-order valence-electron chi connectivity index (χ3n) is 0.906. The van der Waals surface area contributed by atoms with Crippen molar-refractivity contribution in [2.45, 2.75) is 12.5 Å². The first-order chi connectivity index (χ1) is 4.13. The molecule has 2 nitrogen and oxygen atoms in total. The predicted molar refractivity (Wildman–Crippen MR) is 21.7 cm³/mol.